The summed E-state index contributed by atoms with van der Waals surface area (Å²) in [6.45, 7) is 8.20. The zero-order chi connectivity index (χ0) is 10.3. The van der Waals surface area contributed by atoms with E-state index in [1.54, 1.807) is 0 Å². The Morgan fingerprint density at radius 3 is 2.08 bits per heavy atom. The van der Waals surface area contributed by atoms with E-state index < -0.39 is 0 Å². The third kappa shape index (κ3) is 4.35. The van der Waals surface area contributed by atoms with Gasteiger partial charge in [0.25, 0.3) is 0 Å². The zero-order valence-corrected chi connectivity index (χ0v) is 8.62. The molecular weight excluding hydrogens is 166 g/mol. The number of hydrogen-bond acceptors (Lipinski definition) is 1. The smallest absolute Gasteiger partial charge is 0.218 e. The molecule has 0 aliphatic carbocycles. The highest BCUT2D eigenvalue weighted by atomic mass is 15.3. The Hall–Kier alpha value is -1.26. The number of nitrogens with zero attached hydrogens (tertiary/aromatic N) is 3. The lowest BCUT2D eigenvalue weighted by Crippen LogP contribution is -2.38. The van der Waals surface area contributed by atoms with Crippen LogP contribution in [0.4, 0.5) is 0 Å². The van der Waals surface area contributed by atoms with E-state index in [2.05, 4.69) is 9.98 Å². The topological polar surface area (TPSA) is 80.0 Å². The summed E-state index contributed by atoms with van der Waals surface area (Å²) in [5, 5.41) is 0. The Morgan fingerprint density at radius 1 is 1.15 bits per heavy atom. The minimum Gasteiger partial charge on any atom is -0.369 e. The van der Waals surface area contributed by atoms with Gasteiger partial charge in [0, 0.05) is 19.6 Å². The van der Waals surface area contributed by atoms with Crippen molar-refractivity contribution in [2.45, 2.75) is 20.8 Å². The molecule has 0 aromatic carbocycles. The van der Waals surface area contributed by atoms with Crippen LogP contribution >= 0.6 is 0 Å². The third-order valence-electron chi connectivity index (χ3n) is 1.64. The minimum atomic E-state index is 0.243. The highest BCUT2D eigenvalue weighted by Gasteiger charge is 2.01. The zero-order valence-electron chi connectivity index (χ0n) is 8.62. The van der Waals surface area contributed by atoms with Crippen LogP contribution in [0.2, 0.25) is 0 Å². The van der Waals surface area contributed by atoms with Crippen LogP contribution in [-0.4, -0.2) is 36.5 Å². The van der Waals surface area contributed by atoms with Gasteiger partial charge in [-0.2, -0.15) is 4.99 Å². The molecule has 0 radical (unpaired) electrons. The second-order valence-corrected chi connectivity index (χ2v) is 2.47. The average molecular weight is 185 g/mol. The molecule has 4 N–H and O–H groups in total. The lowest BCUT2D eigenvalue weighted by molar-refractivity contribution is 0.461. The first-order valence-corrected chi connectivity index (χ1v) is 4.54. The molecule has 0 atom stereocenters. The fourth-order valence-corrected chi connectivity index (χ4v) is 0.933. The van der Waals surface area contributed by atoms with E-state index in [-0.39, 0.29) is 5.96 Å². The van der Waals surface area contributed by atoms with Crippen molar-refractivity contribution in [3.8, 4) is 0 Å². The van der Waals surface area contributed by atoms with E-state index in [1.807, 2.05) is 25.7 Å². The fraction of sp³-hybridized carbons (Fsp3) is 0.750. The van der Waals surface area contributed by atoms with Gasteiger partial charge in [-0.1, -0.05) is 0 Å². The van der Waals surface area contributed by atoms with Crippen LogP contribution in [0, 0.1) is 0 Å². The molecule has 0 aromatic rings. The van der Waals surface area contributed by atoms with Crippen molar-refractivity contribution in [1.29, 1.82) is 0 Å². The van der Waals surface area contributed by atoms with E-state index in [4.69, 9.17) is 11.5 Å². The Morgan fingerprint density at radius 2 is 1.69 bits per heavy atom. The molecule has 0 heterocycles. The molecule has 0 aliphatic heterocycles. The number of rotatable bonds is 3. The highest BCUT2D eigenvalue weighted by molar-refractivity contribution is 5.93. The SMILES string of the molecule is CCN=C(N)/N=C(\N)N(CC)CC. The summed E-state index contributed by atoms with van der Waals surface area (Å²) < 4.78 is 0. The Bertz CT molecular complexity index is 193. The first kappa shape index (κ1) is 11.7. The van der Waals surface area contributed by atoms with Crippen LogP contribution in [-0.2, 0) is 0 Å². The van der Waals surface area contributed by atoms with Crippen molar-refractivity contribution >= 4 is 11.9 Å². The van der Waals surface area contributed by atoms with Crippen molar-refractivity contribution < 1.29 is 0 Å². The second-order valence-electron chi connectivity index (χ2n) is 2.47. The Labute approximate surface area is 79.5 Å². The van der Waals surface area contributed by atoms with Crippen molar-refractivity contribution in [2.75, 3.05) is 19.6 Å². The van der Waals surface area contributed by atoms with Gasteiger partial charge < -0.3 is 16.4 Å². The van der Waals surface area contributed by atoms with Gasteiger partial charge in [0.1, 0.15) is 0 Å². The second kappa shape index (κ2) is 6.28. The van der Waals surface area contributed by atoms with Gasteiger partial charge in [0.05, 0.1) is 0 Å². The van der Waals surface area contributed by atoms with Gasteiger partial charge in [-0.25, -0.2) is 0 Å². The van der Waals surface area contributed by atoms with Gasteiger partial charge in [-0.3, -0.25) is 4.99 Å². The number of guanidine groups is 2. The molecule has 0 saturated heterocycles. The van der Waals surface area contributed by atoms with E-state index in [0.717, 1.165) is 13.1 Å². The molecule has 0 unspecified atom stereocenters. The van der Waals surface area contributed by atoms with E-state index in [1.165, 1.54) is 0 Å². The molecule has 0 rings (SSSR count). The molecule has 0 aliphatic rings. The summed E-state index contributed by atoms with van der Waals surface area (Å²) in [6.07, 6.45) is 0. The summed E-state index contributed by atoms with van der Waals surface area (Å²) in [6, 6.07) is 0. The molecule has 0 aromatic heterocycles. The average Bonchev–Trinajstić information content (AvgIpc) is 2.06. The predicted octanol–water partition coefficient (Wildman–Crippen LogP) is -0.0225. The van der Waals surface area contributed by atoms with E-state index in [9.17, 15) is 0 Å². The summed E-state index contributed by atoms with van der Waals surface area (Å²) in [5.74, 6) is 0.673. The number of hydrogen-bond donors (Lipinski definition) is 2. The van der Waals surface area contributed by atoms with E-state index >= 15 is 0 Å². The first-order valence-electron chi connectivity index (χ1n) is 4.54. The minimum absolute atomic E-state index is 0.243. The summed E-state index contributed by atoms with van der Waals surface area (Å²) in [4.78, 5) is 9.79. The van der Waals surface area contributed by atoms with Gasteiger partial charge in [0.2, 0.25) is 5.96 Å². The molecule has 13 heavy (non-hydrogen) atoms. The third-order valence-corrected chi connectivity index (χ3v) is 1.64. The van der Waals surface area contributed by atoms with Gasteiger partial charge >= 0.3 is 0 Å². The Balaban J connectivity index is 4.37. The van der Waals surface area contributed by atoms with Crippen LogP contribution in [0.25, 0.3) is 0 Å². The lowest BCUT2D eigenvalue weighted by atomic mass is 10.5. The van der Waals surface area contributed by atoms with Crippen molar-refractivity contribution in [1.82, 2.24) is 4.90 Å². The van der Waals surface area contributed by atoms with Crippen molar-refractivity contribution in [3.63, 3.8) is 0 Å². The standard InChI is InChI=1S/C8H19N5/c1-4-11-7(9)12-8(10)13(5-2)6-3/h4-6H2,1-3H3,(H4,9,10,11,12). The predicted molar refractivity (Wildman–Crippen MR) is 56.7 cm³/mol. The first-order chi connectivity index (χ1) is 6.15. The van der Waals surface area contributed by atoms with Gasteiger partial charge in [0.15, 0.2) is 5.96 Å². The van der Waals surface area contributed by atoms with Crippen LogP contribution < -0.4 is 11.5 Å². The molecule has 5 heteroatoms. The maximum Gasteiger partial charge on any atom is 0.218 e. The number of aliphatic imine (C=N–C) groups is 2. The highest BCUT2D eigenvalue weighted by Crippen LogP contribution is 1.86. The maximum absolute atomic E-state index is 5.69. The van der Waals surface area contributed by atoms with Crippen LogP contribution in [0.15, 0.2) is 9.98 Å². The lowest BCUT2D eigenvalue weighted by Gasteiger charge is -2.18. The molecule has 0 amide bonds. The summed E-state index contributed by atoms with van der Waals surface area (Å²) in [5.41, 5.74) is 11.2. The largest absolute Gasteiger partial charge is 0.369 e. The van der Waals surface area contributed by atoms with Gasteiger partial charge in [-0.15, -0.1) is 0 Å². The van der Waals surface area contributed by atoms with Crippen LogP contribution in [0.3, 0.4) is 0 Å². The Kier molecular flexibility index (Phi) is 5.67. The normalized spacial score (nSPS) is 13.2. The molecular formula is C8H19N5. The van der Waals surface area contributed by atoms with Gasteiger partial charge in [-0.05, 0) is 20.8 Å². The fourth-order valence-electron chi connectivity index (χ4n) is 0.933. The van der Waals surface area contributed by atoms with E-state index in [0.29, 0.717) is 12.5 Å². The summed E-state index contributed by atoms with van der Waals surface area (Å²) >= 11 is 0. The molecule has 0 fully saturated rings. The molecule has 0 spiro atoms. The van der Waals surface area contributed by atoms with Crippen LogP contribution in [0.1, 0.15) is 20.8 Å². The molecule has 0 saturated carbocycles. The molecule has 76 valence electrons. The number of nitrogens with two attached hydrogens (primary N) is 2. The maximum atomic E-state index is 5.69. The van der Waals surface area contributed by atoms with Crippen molar-refractivity contribution in [3.05, 3.63) is 0 Å². The molecule has 5 nitrogen and oxygen atoms in total. The summed E-state index contributed by atoms with van der Waals surface area (Å²) in [7, 11) is 0. The quantitative estimate of drug-likeness (QED) is 0.479. The monoisotopic (exact) mass is 185 g/mol. The van der Waals surface area contributed by atoms with Crippen molar-refractivity contribution in [2.24, 2.45) is 21.5 Å². The molecule has 0 bridgehead atoms. The van der Waals surface area contributed by atoms with Crippen LogP contribution in [0.5, 0.6) is 0 Å².